The van der Waals surface area contributed by atoms with Crippen molar-refractivity contribution in [3.63, 3.8) is 0 Å². The molecule has 1 aliphatic carbocycles. The molecule has 4 rings (SSSR count). The lowest BCUT2D eigenvalue weighted by molar-refractivity contribution is 0.0120. The summed E-state index contributed by atoms with van der Waals surface area (Å²) in [6.45, 7) is 11.4. The Morgan fingerprint density at radius 2 is 1.52 bits per heavy atom. The van der Waals surface area contributed by atoms with Crippen molar-refractivity contribution in [2.75, 3.05) is 32.8 Å². The molecule has 3 nitrogen and oxygen atoms in total. The van der Waals surface area contributed by atoms with E-state index in [2.05, 4.69) is 79.1 Å². The lowest BCUT2D eigenvalue weighted by atomic mass is 9.94. The molecule has 144 valence electrons. The summed E-state index contributed by atoms with van der Waals surface area (Å²) < 4.78 is 0. The zero-order chi connectivity index (χ0) is 19.0. The fourth-order valence-electron chi connectivity index (χ4n) is 4.86. The minimum absolute atomic E-state index is 0.187. The molecule has 0 saturated carbocycles. The third-order valence-electron chi connectivity index (χ3n) is 6.40. The molecule has 1 N–H and O–H groups in total. The van der Waals surface area contributed by atoms with Gasteiger partial charge in [0.25, 0.3) is 0 Å². The topological polar surface area (TPSA) is 26.7 Å². The van der Waals surface area contributed by atoms with Crippen molar-refractivity contribution in [2.45, 2.75) is 44.7 Å². The highest BCUT2D eigenvalue weighted by Crippen LogP contribution is 2.45. The molecule has 0 bridgehead atoms. The Hall–Kier alpha value is -1.68. The Morgan fingerprint density at radius 1 is 0.926 bits per heavy atom. The van der Waals surface area contributed by atoms with Crippen molar-refractivity contribution in [3.8, 4) is 11.1 Å². The van der Waals surface area contributed by atoms with Gasteiger partial charge in [-0.05, 0) is 49.4 Å². The first-order valence-electron chi connectivity index (χ1n) is 10.3. The summed E-state index contributed by atoms with van der Waals surface area (Å²) >= 11 is 0. The van der Waals surface area contributed by atoms with Gasteiger partial charge in [-0.1, -0.05) is 48.5 Å². The van der Waals surface area contributed by atoms with Crippen LogP contribution in [0.1, 0.15) is 44.2 Å². The summed E-state index contributed by atoms with van der Waals surface area (Å²) in [6.07, 6.45) is 0.850. The number of aliphatic hydroxyl groups is 1. The Balaban J connectivity index is 1.60. The molecule has 1 aliphatic heterocycles. The van der Waals surface area contributed by atoms with E-state index in [0.717, 1.165) is 32.6 Å². The second-order valence-electron chi connectivity index (χ2n) is 9.00. The predicted molar refractivity (Wildman–Crippen MR) is 112 cm³/mol. The molecule has 2 aromatic carbocycles. The van der Waals surface area contributed by atoms with Gasteiger partial charge in [-0.3, -0.25) is 9.80 Å². The highest BCUT2D eigenvalue weighted by molar-refractivity contribution is 5.78. The predicted octanol–water partition coefficient (Wildman–Crippen LogP) is 3.97. The molecule has 1 fully saturated rings. The third kappa shape index (κ3) is 3.56. The lowest BCUT2D eigenvalue weighted by Crippen LogP contribution is -2.58. The van der Waals surface area contributed by atoms with Crippen molar-refractivity contribution < 1.29 is 5.11 Å². The molecule has 0 spiro atoms. The number of benzene rings is 2. The second-order valence-corrected chi connectivity index (χ2v) is 9.00. The molecule has 0 aromatic heterocycles. The van der Waals surface area contributed by atoms with E-state index >= 15 is 0 Å². The van der Waals surface area contributed by atoms with Gasteiger partial charge in [0.1, 0.15) is 0 Å². The minimum atomic E-state index is 0.187. The monoisotopic (exact) mass is 364 g/mol. The van der Waals surface area contributed by atoms with Crippen molar-refractivity contribution in [2.24, 2.45) is 0 Å². The first-order chi connectivity index (χ1) is 13.0. The molecule has 1 unspecified atom stereocenters. The summed E-state index contributed by atoms with van der Waals surface area (Å²) in [5.41, 5.74) is 5.89. The molecule has 2 aromatic rings. The van der Waals surface area contributed by atoms with Crippen LogP contribution in [-0.4, -0.2) is 59.3 Å². The van der Waals surface area contributed by atoms with Crippen LogP contribution in [0.15, 0.2) is 48.5 Å². The quantitative estimate of drug-likeness (QED) is 0.889. The van der Waals surface area contributed by atoms with Crippen LogP contribution in [-0.2, 0) is 0 Å². The molecule has 1 atom stereocenters. The van der Waals surface area contributed by atoms with Crippen LogP contribution in [0.25, 0.3) is 11.1 Å². The number of nitrogens with zero attached hydrogens (tertiary/aromatic N) is 2. The Kier molecular flexibility index (Phi) is 5.11. The van der Waals surface area contributed by atoms with E-state index in [1.165, 1.54) is 22.3 Å². The van der Waals surface area contributed by atoms with Crippen molar-refractivity contribution in [1.29, 1.82) is 0 Å². The fraction of sp³-hybridized carbons (Fsp3) is 0.500. The summed E-state index contributed by atoms with van der Waals surface area (Å²) in [7, 11) is 0. The fourth-order valence-corrected chi connectivity index (χ4v) is 4.86. The lowest BCUT2D eigenvalue weighted by Gasteiger charge is -2.47. The summed E-state index contributed by atoms with van der Waals surface area (Å²) in [6, 6.07) is 18.2. The normalized spacial score (nSPS) is 21.3. The van der Waals surface area contributed by atoms with Gasteiger partial charge in [0.05, 0.1) is 0 Å². The van der Waals surface area contributed by atoms with E-state index in [1.807, 2.05) is 0 Å². The van der Waals surface area contributed by atoms with Gasteiger partial charge in [-0.15, -0.1) is 0 Å². The Morgan fingerprint density at radius 3 is 2.07 bits per heavy atom. The number of piperazine rings is 1. The van der Waals surface area contributed by atoms with E-state index in [-0.39, 0.29) is 12.1 Å². The van der Waals surface area contributed by atoms with Gasteiger partial charge >= 0.3 is 0 Å². The minimum Gasteiger partial charge on any atom is -0.396 e. The van der Waals surface area contributed by atoms with Crippen LogP contribution in [0.2, 0.25) is 0 Å². The van der Waals surface area contributed by atoms with Crippen molar-refractivity contribution in [3.05, 3.63) is 59.7 Å². The smallest absolute Gasteiger partial charge is 0.0446 e. The molecular weight excluding hydrogens is 332 g/mol. The summed E-state index contributed by atoms with van der Waals surface area (Å²) in [5.74, 6) is 0.430. The number of hydrogen-bond donors (Lipinski definition) is 1. The molecule has 0 amide bonds. The first-order valence-corrected chi connectivity index (χ1v) is 10.3. The van der Waals surface area contributed by atoms with Crippen LogP contribution < -0.4 is 0 Å². The van der Waals surface area contributed by atoms with E-state index in [0.29, 0.717) is 12.0 Å². The van der Waals surface area contributed by atoms with E-state index in [9.17, 15) is 5.11 Å². The van der Waals surface area contributed by atoms with Gasteiger partial charge < -0.3 is 5.11 Å². The second kappa shape index (κ2) is 7.38. The third-order valence-corrected chi connectivity index (χ3v) is 6.40. The first kappa shape index (κ1) is 18.7. The molecule has 27 heavy (non-hydrogen) atoms. The van der Waals surface area contributed by atoms with E-state index in [1.54, 1.807) is 0 Å². The maximum absolute atomic E-state index is 9.66. The number of hydrogen-bond acceptors (Lipinski definition) is 3. The van der Waals surface area contributed by atoms with Gasteiger partial charge in [-0.2, -0.15) is 0 Å². The van der Waals surface area contributed by atoms with Gasteiger partial charge in [0.2, 0.25) is 0 Å². The van der Waals surface area contributed by atoms with Gasteiger partial charge in [0, 0.05) is 50.3 Å². The molecule has 1 heterocycles. The van der Waals surface area contributed by atoms with Crippen LogP contribution in [0.3, 0.4) is 0 Å². The van der Waals surface area contributed by atoms with Crippen LogP contribution in [0.4, 0.5) is 0 Å². The van der Waals surface area contributed by atoms with E-state index < -0.39 is 0 Å². The van der Waals surface area contributed by atoms with Crippen LogP contribution >= 0.6 is 0 Å². The maximum Gasteiger partial charge on any atom is 0.0446 e. The standard InChI is InChI=1S/C24H32N2O/c1-24(2,3)26-14-13-25(18(16-26)12-15-27)17-23-21-10-6-4-8-19(21)20-9-5-7-11-22(20)23/h4-11,18,23,27H,12-17H2,1-3H3. The van der Waals surface area contributed by atoms with E-state index in [4.69, 9.17) is 0 Å². The molecule has 0 radical (unpaired) electrons. The molecular formula is C24H32N2O. The van der Waals surface area contributed by atoms with Gasteiger partial charge in [-0.25, -0.2) is 0 Å². The Labute approximate surface area is 163 Å². The maximum atomic E-state index is 9.66. The highest BCUT2D eigenvalue weighted by atomic mass is 16.3. The van der Waals surface area contributed by atoms with Crippen LogP contribution in [0.5, 0.6) is 0 Å². The van der Waals surface area contributed by atoms with Gasteiger partial charge in [0.15, 0.2) is 0 Å². The van der Waals surface area contributed by atoms with Crippen molar-refractivity contribution >= 4 is 0 Å². The zero-order valence-electron chi connectivity index (χ0n) is 16.9. The SMILES string of the molecule is CC(C)(C)N1CCN(CC2c3ccccc3-c3ccccc32)C(CCO)C1. The van der Waals surface area contributed by atoms with Crippen LogP contribution in [0, 0.1) is 0 Å². The van der Waals surface area contributed by atoms with Crippen molar-refractivity contribution in [1.82, 2.24) is 9.80 Å². The molecule has 3 heteroatoms. The number of fused-ring (bicyclic) bond motifs is 3. The Bertz CT molecular complexity index is 749. The average Bonchev–Trinajstić information content (AvgIpc) is 2.97. The summed E-state index contributed by atoms with van der Waals surface area (Å²) in [5, 5.41) is 9.66. The highest BCUT2D eigenvalue weighted by Gasteiger charge is 2.35. The number of rotatable bonds is 4. The molecule has 2 aliphatic rings. The summed E-state index contributed by atoms with van der Waals surface area (Å²) in [4.78, 5) is 5.20. The molecule has 1 saturated heterocycles. The zero-order valence-corrected chi connectivity index (χ0v) is 16.9. The number of aliphatic hydroxyl groups excluding tert-OH is 1. The average molecular weight is 365 g/mol. The largest absolute Gasteiger partial charge is 0.396 e.